The van der Waals surface area contributed by atoms with Crippen LogP contribution in [-0.2, 0) is 9.53 Å². The first-order valence-corrected chi connectivity index (χ1v) is 8.10. The molecule has 0 radical (unpaired) electrons. The molecule has 0 aliphatic carbocycles. The maximum absolute atomic E-state index is 12.5. The summed E-state index contributed by atoms with van der Waals surface area (Å²) in [5, 5.41) is 5.48. The molecule has 1 aromatic rings. The third-order valence-corrected chi connectivity index (χ3v) is 3.53. The van der Waals surface area contributed by atoms with Crippen molar-refractivity contribution in [3.63, 3.8) is 0 Å². The molecule has 0 spiro atoms. The van der Waals surface area contributed by atoms with Crippen LogP contribution >= 0.6 is 0 Å². The number of hydrogen-bond acceptors (Lipinski definition) is 5. The number of carbonyl (C=O) groups is 2. The van der Waals surface area contributed by atoms with Crippen LogP contribution in [0.15, 0.2) is 24.3 Å². The Morgan fingerprint density at radius 1 is 1.17 bits per heavy atom. The fraction of sp³-hybridized carbons (Fsp3) is 0.556. The van der Waals surface area contributed by atoms with E-state index in [1.807, 2.05) is 38.1 Å². The van der Waals surface area contributed by atoms with Crippen LogP contribution in [0.25, 0.3) is 0 Å². The molecule has 1 aromatic carbocycles. The molecular formula is C18H28N2O4. The van der Waals surface area contributed by atoms with Crippen LogP contribution in [-0.4, -0.2) is 30.8 Å². The van der Waals surface area contributed by atoms with Crippen molar-refractivity contribution < 1.29 is 19.1 Å². The lowest BCUT2D eigenvalue weighted by molar-refractivity contribution is -0.122. The molecule has 0 aliphatic heterocycles. The fourth-order valence-electron chi connectivity index (χ4n) is 2.05. The van der Waals surface area contributed by atoms with E-state index in [2.05, 4.69) is 10.6 Å². The number of nitrogens with one attached hydrogen (secondary N) is 2. The van der Waals surface area contributed by atoms with Crippen molar-refractivity contribution in [2.45, 2.75) is 52.7 Å². The van der Waals surface area contributed by atoms with E-state index < -0.39 is 23.6 Å². The van der Waals surface area contributed by atoms with Crippen molar-refractivity contribution in [1.29, 1.82) is 0 Å². The SMILES string of the molecule is CC[C@H](C)[C@H](Nc1ccc(OC)cc1)C(=O)NC(=O)OC(C)(C)C. The zero-order valence-electron chi connectivity index (χ0n) is 15.3. The molecular weight excluding hydrogens is 308 g/mol. The summed E-state index contributed by atoms with van der Waals surface area (Å²) in [6.45, 7) is 9.19. The molecule has 0 heterocycles. The number of carbonyl (C=O) groups excluding carboxylic acids is 2. The van der Waals surface area contributed by atoms with Gasteiger partial charge in [-0.05, 0) is 51.0 Å². The van der Waals surface area contributed by atoms with Gasteiger partial charge in [-0.15, -0.1) is 0 Å². The van der Waals surface area contributed by atoms with E-state index in [1.54, 1.807) is 27.9 Å². The third-order valence-electron chi connectivity index (χ3n) is 3.53. The number of hydrogen-bond donors (Lipinski definition) is 2. The first-order valence-electron chi connectivity index (χ1n) is 8.10. The van der Waals surface area contributed by atoms with Crippen molar-refractivity contribution in [3.05, 3.63) is 24.3 Å². The lowest BCUT2D eigenvalue weighted by Gasteiger charge is -2.25. The smallest absolute Gasteiger partial charge is 0.414 e. The van der Waals surface area contributed by atoms with Crippen molar-refractivity contribution in [2.75, 3.05) is 12.4 Å². The first-order chi connectivity index (χ1) is 11.2. The maximum atomic E-state index is 12.5. The minimum absolute atomic E-state index is 0.0366. The van der Waals surface area contributed by atoms with Crippen LogP contribution in [0, 0.1) is 5.92 Å². The molecule has 2 atom stereocenters. The van der Waals surface area contributed by atoms with Crippen molar-refractivity contribution in [2.24, 2.45) is 5.92 Å². The van der Waals surface area contributed by atoms with Gasteiger partial charge in [0.05, 0.1) is 7.11 Å². The highest BCUT2D eigenvalue weighted by atomic mass is 16.6. The Labute approximate surface area is 143 Å². The predicted molar refractivity (Wildman–Crippen MR) is 94.2 cm³/mol. The van der Waals surface area contributed by atoms with Gasteiger partial charge in [0.25, 0.3) is 5.91 Å². The summed E-state index contributed by atoms with van der Waals surface area (Å²) in [6.07, 6.45) is 0.0487. The highest BCUT2D eigenvalue weighted by molar-refractivity contribution is 5.96. The number of rotatable bonds is 6. The zero-order chi connectivity index (χ0) is 18.3. The van der Waals surface area contributed by atoms with E-state index in [-0.39, 0.29) is 5.92 Å². The van der Waals surface area contributed by atoms with Crippen molar-refractivity contribution in [3.8, 4) is 5.75 Å². The minimum atomic E-state index is -0.739. The van der Waals surface area contributed by atoms with Gasteiger partial charge in [0.15, 0.2) is 0 Å². The summed E-state index contributed by atoms with van der Waals surface area (Å²) in [6, 6.07) is 6.73. The molecule has 134 valence electrons. The molecule has 0 saturated heterocycles. The maximum Gasteiger partial charge on any atom is 0.414 e. The molecule has 0 aromatic heterocycles. The second kappa shape index (κ2) is 8.57. The Morgan fingerprint density at radius 2 is 1.75 bits per heavy atom. The van der Waals surface area contributed by atoms with E-state index >= 15 is 0 Å². The van der Waals surface area contributed by atoms with Crippen LogP contribution in [0.1, 0.15) is 41.0 Å². The van der Waals surface area contributed by atoms with E-state index in [4.69, 9.17) is 9.47 Å². The van der Waals surface area contributed by atoms with E-state index in [9.17, 15) is 9.59 Å². The summed E-state index contributed by atoms with van der Waals surface area (Å²) >= 11 is 0. The van der Waals surface area contributed by atoms with E-state index in [0.29, 0.717) is 0 Å². The van der Waals surface area contributed by atoms with Crippen LogP contribution in [0.2, 0.25) is 0 Å². The molecule has 0 unspecified atom stereocenters. The standard InChI is InChI=1S/C18H28N2O4/c1-7-12(2)15(16(21)20-17(22)24-18(3,4)5)19-13-8-10-14(23-6)11-9-13/h8-12,15,19H,7H2,1-6H3,(H,20,21,22)/t12-,15-/m0/s1. The Balaban J connectivity index is 2.80. The minimum Gasteiger partial charge on any atom is -0.497 e. The van der Waals surface area contributed by atoms with Gasteiger partial charge in [-0.2, -0.15) is 0 Å². The van der Waals surface area contributed by atoms with Crippen LogP contribution in [0.4, 0.5) is 10.5 Å². The highest BCUT2D eigenvalue weighted by Crippen LogP contribution is 2.19. The van der Waals surface area contributed by atoms with Crippen LogP contribution < -0.4 is 15.4 Å². The monoisotopic (exact) mass is 336 g/mol. The Morgan fingerprint density at radius 3 is 2.21 bits per heavy atom. The molecule has 2 N–H and O–H groups in total. The number of alkyl carbamates (subject to hydrolysis) is 1. The lowest BCUT2D eigenvalue weighted by Crippen LogP contribution is -2.47. The Hall–Kier alpha value is -2.24. The molecule has 24 heavy (non-hydrogen) atoms. The van der Waals surface area contributed by atoms with Gasteiger partial charge in [0.2, 0.25) is 0 Å². The molecule has 6 heteroatoms. The van der Waals surface area contributed by atoms with E-state index in [0.717, 1.165) is 17.9 Å². The molecule has 0 fully saturated rings. The summed E-state index contributed by atoms with van der Waals surface area (Å²) < 4.78 is 10.3. The van der Waals surface area contributed by atoms with Gasteiger partial charge >= 0.3 is 6.09 Å². The summed E-state index contributed by atoms with van der Waals surface area (Å²) in [7, 11) is 1.60. The molecule has 6 nitrogen and oxygen atoms in total. The number of methoxy groups -OCH3 is 1. The average molecular weight is 336 g/mol. The van der Waals surface area contributed by atoms with Gasteiger partial charge in [-0.1, -0.05) is 20.3 Å². The van der Waals surface area contributed by atoms with Crippen molar-refractivity contribution >= 4 is 17.7 Å². The first kappa shape index (κ1) is 19.8. The van der Waals surface area contributed by atoms with E-state index in [1.165, 1.54) is 0 Å². The largest absolute Gasteiger partial charge is 0.497 e. The summed E-state index contributed by atoms with van der Waals surface area (Å²) in [4.78, 5) is 24.3. The van der Waals surface area contributed by atoms with Gasteiger partial charge in [-0.25, -0.2) is 4.79 Å². The van der Waals surface area contributed by atoms with Crippen LogP contribution in [0.5, 0.6) is 5.75 Å². The molecule has 0 aliphatic rings. The van der Waals surface area contributed by atoms with Gasteiger partial charge in [0.1, 0.15) is 17.4 Å². The second-order valence-electron chi connectivity index (χ2n) is 6.73. The zero-order valence-corrected chi connectivity index (χ0v) is 15.3. The molecule has 2 amide bonds. The molecule has 0 saturated carbocycles. The van der Waals surface area contributed by atoms with Gasteiger partial charge in [-0.3, -0.25) is 10.1 Å². The number of amides is 2. The third kappa shape index (κ3) is 6.48. The average Bonchev–Trinajstić information content (AvgIpc) is 2.50. The summed E-state index contributed by atoms with van der Waals surface area (Å²) in [5.74, 6) is 0.364. The molecule has 0 bridgehead atoms. The van der Waals surface area contributed by atoms with Gasteiger partial charge in [0, 0.05) is 5.69 Å². The number of imide groups is 1. The van der Waals surface area contributed by atoms with Gasteiger partial charge < -0.3 is 14.8 Å². The summed E-state index contributed by atoms with van der Waals surface area (Å²) in [5.41, 5.74) is 0.125. The van der Waals surface area contributed by atoms with Crippen LogP contribution in [0.3, 0.4) is 0 Å². The number of anilines is 1. The predicted octanol–water partition coefficient (Wildman–Crippen LogP) is 3.57. The highest BCUT2D eigenvalue weighted by Gasteiger charge is 2.27. The molecule has 1 rings (SSSR count). The number of benzene rings is 1. The second-order valence-corrected chi connectivity index (χ2v) is 6.73. The number of ether oxygens (including phenoxy) is 2. The van der Waals surface area contributed by atoms with Crippen molar-refractivity contribution in [1.82, 2.24) is 5.32 Å². The topological polar surface area (TPSA) is 76.7 Å². The lowest BCUT2D eigenvalue weighted by atomic mass is 9.98. The fourth-order valence-corrected chi connectivity index (χ4v) is 2.05. The normalized spacial score (nSPS) is 13.6. The Kier molecular flexibility index (Phi) is 7.07. The Bertz CT molecular complexity index is 549. The quantitative estimate of drug-likeness (QED) is 0.830.